The number of hydrogen-bond acceptors (Lipinski definition) is 4. The number of anilines is 1. The molecule has 0 fully saturated rings. The van der Waals surface area contributed by atoms with Gasteiger partial charge in [-0.15, -0.1) is 0 Å². The lowest BCUT2D eigenvalue weighted by Crippen LogP contribution is -2.11. The van der Waals surface area contributed by atoms with Crippen molar-refractivity contribution < 1.29 is 9.53 Å². The molecule has 3 aromatic rings. The molecule has 1 amide bonds. The maximum atomic E-state index is 12.2. The highest BCUT2D eigenvalue weighted by molar-refractivity contribution is 6.04. The number of nitrogens with one attached hydrogen (secondary N) is 1. The summed E-state index contributed by atoms with van der Waals surface area (Å²) in [7, 11) is 0. The van der Waals surface area contributed by atoms with Crippen LogP contribution in [0.4, 0.5) is 5.69 Å². The van der Waals surface area contributed by atoms with Crippen molar-refractivity contribution in [3.05, 3.63) is 78.1 Å². The zero-order valence-electron chi connectivity index (χ0n) is 13.3. The number of ether oxygens (including phenoxy) is 1. The van der Waals surface area contributed by atoms with E-state index >= 15 is 0 Å². The summed E-state index contributed by atoms with van der Waals surface area (Å²) in [6.07, 6.45) is 4.18. The van der Waals surface area contributed by atoms with Crippen molar-refractivity contribution >= 4 is 11.6 Å². The lowest BCUT2D eigenvalue weighted by atomic mass is 10.1. The van der Waals surface area contributed by atoms with Crippen LogP contribution in [0.15, 0.2) is 67.0 Å². The van der Waals surface area contributed by atoms with E-state index in [9.17, 15) is 4.79 Å². The fraction of sp³-hybridized carbons (Fsp3) is 0.105. The van der Waals surface area contributed by atoms with Crippen molar-refractivity contribution in [2.45, 2.75) is 13.3 Å². The Morgan fingerprint density at radius 1 is 1.00 bits per heavy atom. The van der Waals surface area contributed by atoms with E-state index in [4.69, 9.17) is 4.74 Å². The van der Waals surface area contributed by atoms with E-state index in [2.05, 4.69) is 22.2 Å². The first-order valence-corrected chi connectivity index (χ1v) is 7.70. The van der Waals surface area contributed by atoms with Gasteiger partial charge in [-0.3, -0.25) is 4.79 Å². The van der Waals surface area contributed by atoms with Crippen LogP contribution in [0.3, 0.4) is 0 Å². The third kappa shape index (κ3) is 3.95. The van der Waals surface area contributed by atoms with Crippen molar-refractivity contribution in [2.24, 2.45) is 0 Å². The monoisotopic (exact) mass is 319 g/mol. The summed E-state index contributed by atoms with van der Waals surface area (Å²) in [5.74, 6) is 0.462. The predicted octanol–water partition coefficient (Wildman–Crippen LogP) is 4.08. The molecule has 5 nitrogen and oxygen atoms in total. The Morgan fingerprint density at radius 2 is 1.67 bits per heavy atom. The highest BCUT2D eigenvalue weighted by atomic mass is 16.5. The molecular formula is C19H17N3O2. The molecule has 0 aliphatic rings. The average molecular weight is 319 g/mol. The summed E-state index contributed by atoms with van der Waals surface area (Å²) in [4.78, 5) is 20.2. The number of nitrogens with zero attached hydrogens (tertiary/aromatic N) is 2. The molecule has 0 saturated heterocycles. The Morgan fingerprint density at radius 3 is 2.29 bits per heavy atom. The van der Waals surface area contributed by atoms with Gasteiger partial charge in [0.25, 0.3) is 5.91 Å². The van der Waals surface area contributed by atoms with E-state index in [1.165, 1.54) is 5.56 Å². The first-order valence-electron chi connectivity index (χ1n) is 7.70. The van der Waals surface area contributed by atoms with Crippen LogP contribution < -0.4 is 10.1 Å². The third-order valence-electron chi connectivity index (χ3n) is 3.49. The van der Waals surface area contributed by atoms with Crippen molar-refractivity contribution in [2.75, 3.05) is 5.32 Å². The summed E-state index contributed by atoms with van der Waals surface area (Å²) < 4.78 is 5.51. The van der Waals surface area contributed by atoms with Gasteiger partial charge in [-0.2, -0.15) is 0 Å². The molecule has 0 saturated carbocycles. The van der Waals surface area contributed by atoms with Crippen LogP contribution in [0.25, 0.3) is 0 Å². The molecule has 5 heteroatoms. The standard InChI is InChI=1S/C19H17N3O2/c1-2-14-4-6-15(7-5-14)18(23)22-16-8-10-17(11-9-16)24-19-20-12-3-13-21-19/h3-13H,2H2,1H3,(H,22,23). The molecule has 0 aliphatic heterocycles. The SMILES string of the molecule is CCc1ccc(C(=O)Nc2ccc(Oc3ncccn3)cc2)cc1. The Hall–Kier alpha value is -3.21. The summed E-state index contributed by atoms with van der Waals surface area (Å²) in [5.41, 5.74) is 2.53. The van der Waals surface area contributed by atoms with Gasteiger partial charge < -0.3 is 10.1 Å². The van der Waals surface area contributed by atoms with Crippen molar-refractivity contribution in [1.82, 2.24) is 9.97 Å². The highest BCUT2D eigenvalue weighted by Gasteiger charge is 2.06. The van der Waals surface area contributed by atoms with Crippen molar-refractivity contribution in [3.8, 4) is 11.8 Å². The maximum Gasteiger partial charge on any atom is 0.321 e. The molecular weight excluding hydrogens is 302 g/mol. The largest absolute Gasteiger partial charge is 0.424 e. The summed E-state index contributed by atoms with van der Waals surface area (Å²) in [6, 6.07) is 16.7. The van der Waals surface area contributed by atoms with Crippen LogP contribution in [0.2, 0.25) is 0 Å². The predicted molar refractivity (Wildman–Crippen MR) is 92.3 cm³/mol. The molecule has 0 aliphatic carbocycles. The number of amides is 1. The van der Waals surface area contributed by atoms with Gasteiger partial charge in [-0.05, 0) is 54.4 Å². The van der Waals surface area contributed by atoms with Crippen LogP contribution in [0, 0.1) is 0 Å². The van der Waals surface area contributed by atoms with Gasteiger partial charge in [0.2, 0.25) is 0 Å². The zero-order valence-corrected chi connectivity index (χ0v) is 13.3. The fourth-order valence-electron chi connectivity index (χ4n) is 2.14. The normalized spacial score (nSPS) is 10.2. The first-order chi connectivity index (χ1) is 11.7. The molecule has 24 heavy (non-hydrogen) atoms. The number of aromatic nitrogens is 2. The van der Waals surface area contributed by atoms with Gasteiger partial charge in [-0.25, -0.2) is 9.97 Å². The molecule has 0 radical (unpaired) electrons. The molecule has 0 bridgehead atoms. The molecule has 1 N–H and O–H groups in total. The first kappa shape index (κ1) is 15.7. The van der Waals surface area contributed by atoms with Gasteiger partial charge in [0, 0.05) is 23.6 Å². The number of carbonyl (C=O) groups excluding carboxylic acids is 1. The van der Waals surface area contributed by atoms with E-state index in [1.807, 2.05) is 24.3 Å². The minimum absolute atomic E-state index is 0.141. The molecule has 0 unspecified atom stereocenters. The van der Waals surface area contributed by atoms with Crippen LogP contribution in [0.5, 0.6) is 11.8 Å². The van der Waals surface area contributed by atoms with Crippen molar-refractivity contribution in [3.63, 3.8) is 0 Å². The minimum atomic E-state index is -0.141. The molecule has 120 valence electrons. The molecule has 0 spiro atoms. The van der Waals surface area contributed by atoms with E-state index in [1.54, 1.807) is 42.7 Å². The second kappa shape index (κ2) is 7.37. The van der Waals surface area contributed by atoms with Gasteiger partial charge in [-0.1, -0.05) is 19.1 Å². The second-order valence-electron chi connectivity index (χ2n) is 5.16. The quantitative estimate of drug-likeness (QED) is 0.769. The van der Waals surface area contributed by atoms with E-state index in [-0.39, 0.29) is 11.9 Å². The van der Waals surface area contributed by atoms with Crippen LogP contribution in [-0.2, 0) is 6.42 Å². The van der Waals surface area contributed by atoms with Gasteiger partial charge in [0.05, 0.1) is 0 Å². The second-order valence-corrected chi connectivity index (χ2v) is 5.16. The maximum absolute atomic E-state index is 12.2. The number of hydrogen-bond donors (Lipinski definition) is 1. The summed E-state index contributed by atoms with van der Waals surface area (Å²) >= 11 is 0. The smallest absolute Gasteiger partial charge is 0.321 e. The third-order valence-corrected chi connectivity index (χ3v) is 3.49. The number of rotatable bonds is 5. The van der Waals surface area contributed by atoms with Crippen LogP contribution in [-0.4, -0.2) is 15.9 Å². The zero-order chi connectivity index (χ0) is 16.8. The molecule has 1 heterocycles. The lowest BCUT2D eigenvalue weighted by molar-refractivity contribution is 0.102. The lowest BCUT2D eigenvalue weighted by Gasteiger charge is -2.07. The molecule has 0 atom stereocenters. The van der Waals surface area contributed by atoms with Gasteiger partial charge >= 0.3 is 6.01 Å². The highest BCUT2D eigenvalue weighted by Crippen LogP contribution is 2.20. The van der Waals surface area contributed by atoms with Gasteiger partial charge in [0.1, 0.15) is 5.75 Å². The topological polar surface area (TPSA) is 64.1 Å². The number of carbonyl (C=O) groups is 1. The Balaban J connectivity index is 1.64. The van der Waals surface area contributed by atoms with E-state index < -0.39 is 0 Å². The molecule has 3 rings (SSSR count). The number of benzene rings is 2. The summed E-state index contributed by atoms with van der Waals surface area (Å²) in [5, 5.41) is 2.86. The van der Waals surface area contributed by atoms with E-state index in [0.29, 0.717) is 17.0 Å². The van der Waals surface area contributed by atoms with Gasteiger partial charge in [0.15, 0.2) is 0 Å². The van der Waals surface area contributed by atoms with E-state index in [0.717, 1.165) is 6.42 Å². The molecule has 2 aromatic carbocycles. The van der Waals surface area contributed by atoms with Crippen LogP contribution in [0.1, 0.15) is 22.8 Å². The average Bonchev–Trinajstić information content (AvgIpc) is 2.64. The fourth-order valence-corrected chi connectivity index (χ4v) is 2.14. The molecule has 1 aromatic heterocycles. The minimum Gasteiger partial charge on any atom is -0.424 e. The van der Waals surface area contributed by atoms with Crippen molar-refractivity contribution in [1.29, 1.82) is 0 Å². The Labute approximate surface area is 140 Å². The summed E-state index contributed by atoms with van der Waals surface area (Å²) in [6.45, 7) is 2.08. The van der Waals surface area contributed by atoms with Crippen LogP contribution >= 0.6 is 0 Å². The number of aryl methyl sites for hydroxylation is 1. The Bertz CT molecular complexity index is 800. The Kier molecular flexibility index (Phi) is 4.81.